The molecule has 0 unspecified atom stereocenters. The van der Waals surface area contributed by atoms with E-state index in [-0.39, 0.29) is 5.41 Å². The van der Waals surface area contributed by atoms with Crippen molar-refractivity contribution in [2.24, 2.45) is 4.99 Å². The van der Waals surface area contributed by atoms with Gasteiger partial charge in [0, 0.05) is 23.7 Å². The number of hydrogen-bond acceptors (Lipinski definition) is 3. The van der Waals surface area contributed by atoms with Gasteiger partial charge in [-0.1, -0.05) is 45.0 Å². The van der Waals surface area contributed by atoms with Gasteiger partial charge in [0.25, 0.3) is 0 Å². The van der Waals surface area contributed by atoms with Crippen molar-refractivity contribution in [2.75, 3.05) is 6.54 Å². The Labute approximate surface area is 142 Å². The first-order valence-electron chi connectivity index (χ1n) is 8.47. The zero-order valence-corrected chi connectivity index (χ0v) is 14.4. The fourth-order valence-electron chi connectivity index (χ4n) is 3.07. The molecule has 0 aliphatic carbocycles. The average molecular weight is 318 g/mol. The Balaban J connectivity index is 1.77. The highest BCUT2D eigenvalue weighted by Gasteiger charge is 2.19. The molecule has 4 nitrogen and oxygen atoms in total. The molecule has 3 heterocycles. The van der Waals surface area contributed by atoms with Crippen LogP contribution in [0.2, 0.25) is 0 Å². The molecule has 2 aromatic heterocycles. The summed E-state index contributed by atoms with van der Waals surface area (Å²) in [5, 5.41) is 0. The van der Waals surface area contributed by atoms with E-state index in [1.807, 2.05) is 0 Å². The lowest BCUT2D eigenvalue weighted by atomic mass is 9.86. The van der Waals surface area contributed by atoms with E-state index in [0.29, 0.717) is 0 Å². The van der Waals surface area contributed by atoms with Gasteiger partial charge in [-0.2, -0.15) is 0 Å². The molecule has 1 N–H and O–H groups in total. The van der Waals surface area contributed by atoms with E-state index in [2.05, 4.69) is 65.0 Å². The number of rotatable bonds is 4. The average Bonchev–Trinajstić information content (AvgIpc) is 3.32. The third-order valence-electron chi connectivity index (χ3n) is 4.61. The van der Waals surface area contributed by atoms with Gasteiger partial charge in [0.1, 0.15) is 5.52 Å². The van der Waals surface area contributed by atoms with Crippen LogP contribution in [0, 0.1) is 0 Å². The predicted molar refractivity (Wildman–Crippen MR) is 98.6 cm³/mol. The Morgan fingerprint density at radius 2 is 1.71 bits per heavy atom. The van der Waals surface area contributed by atoms with Crippen LogP contribution in [0.3, 0.4) is 0 Å². The topological polar surface area (TPSA) is 53.9 Å². The van der Waals surface area contributed by atoms with Crippen molar-refractivity contribution in [1.82, 2.24) is 15.0 Å². The van der Waals surface area contributed by atoms with Crippen molar-refractivity contribution in [3.05, 3.63) is 47.8 Å². The molecule has 0 saturated heterocycles. The molecule has 0 saturated carbocycles. The third kappa shape index (κ3) is 2.84. The fourth-order valence-corrected chi connectivity index (χ4v) is 3.07. The number of nitrogens with one attached hydrogen (secondary N) is 1. The van der Waals surface area contributed by atoms with Crippen LogP contribution in [0.25, 0.3) is 22.4 Å². The van der Waals surface area contributed by atoms with Gasteiger partial charge in [-0.15, -0.1) is 0 Å². The molecule has 0 atom stereocenters. The lowest BCUT2D eigenvalue weighted by Gasteiger charge is -2.19. The molecule has 3 aromatic rings. The van der Waals surface area contributed by atoms with E-state index >= 15 is 0 Å². The van der Waals surface area contributed by atoms with Crippen LogP contribution >= 0.6 is 0 Å². The molecule has 0 radical (unpaired) electrons. The Morgan fingerprint density at radius 1 is 1.00 bits per heavy atom. The van der Waals surface area contributed by atoms with Crippen LogP contribution in [-0.2, 0) is 11.8 Å². The van der Waals surface area contributed by atoms with E-state index in [0.717, 1.165) is 36.2 Å². The van der Waals surface area contributed by atoms with E-state index < -0.39 is 0 Å². The largest absolute Gasteiger partial charge is 0.338 e. The molecule has 4 rings (SSSR count). The summed E-state index contributed by atoms with van der Waals surface area (Å²) in [6.45, 7) is 7.64. The molecule has 0 spiro atoms. The molecule has 4 heteroatoms. The minimum absolute atomic E-state index is 0.162. The highest BCUT2D eigenvalue weighted by molar-refractivity contribution is 5.97. The molecular weight excluding hydrogens is 296 g/mol. The van der Waals surface area contributed by atoms with Gasteiger partial charge < -0.3 is 4.98 Å². The van der Waals surface area contributed by atoms with E-state index in [4.69, 9.17) is 0 Å². The normalized spacial score (nSPS) is 14.0. The number of aromatic nitrogens is 3. The first kappa shape index (κ1) is 15.1. The van der Waals surface area contributed by atoms with Gasteiger partial charge in [0.15, 0.2) is 5.65 Å². The minimum atomic E-state index is 0.162. The van der Waals surface area contributed by atoms with Crippen molar-refractivity contribution in [3.63, 3.8) is 0 Å². The van der Waals surface area contributed by atoms with Crippen LogP contribution in [-0.4, -0.2) is 27.2 Å². The fraction of sp³-hybridized carbons (Fsp3) is 0.350. The summed E-state index contributed by atoms with van der Waals surface area (Å²) in [4.78, 5) is 16.8. The summed E-state index contributed by atoms with van der Waals surface area (Å²) in [6, 6.07) is 8.83. The first-order chi connectivity index (χ1) is 11.5. The number of nitrogens with zero attached hydrogens (tertiary/aromatic N) is 3. The summed E-state index contributed by atoms with van der Waals surface area (Å²) >= 11 is 0. The minimum Gasteiger partial charge on any atom is -0.338 e. The van der Waals surface area contributed by atoms with Crippen LogP contribution in [0.5, 0.6) is 0 Å². The lowest BCUT2D eigenvalue weighted by molar-refractivity contribution is 0.590. The van der Waals surface area contributed by atoms with Crippen molar-refractivity contribution in [3.8, 4) is 11.3 Å². The van der Waals surface area contributed by atoms with Gasteiger partial charge in [0.2, 0.25) is 0 Å². The van der Waals surface area contributed by atoms with Crippen LogP contribution in [0.15, 0.2) is 41.7 Å². The predicted octanol–water partition coefficient (Wildman–Crippen LogP) is 4.31. The summed E-state index contributed by atoms with van der Waals surface area (Å²) in [7, 11) is 0. The molecular formula is C20H22N4. The smallest absolute Gasteiger partial charge is 0.156 e. The number of fused-ring (bicyclic) bond motifs is 1. The Morgan fingerprint density at radius 3 is 2.38 bits per heavy atom. The van der Waals surface area contributed by atoms with Gasteiger partial charge in [-0.25, -0.2) is 4.98 Å². The summed E-state index contributed by atoms with van der Waals surface area (Å²) in [5.74, 6) is 0. The maximum Gasteiger partial charge on any atom is 0.156 e. The second-order valence-electron chi connectivity index (χ2n) is 7.44. The van der Waals surface area contributed by atoms with Gasteiger partial charge in [0.05, 0.1) is 12.2 Å². The van der Waals surface area contributed by atoms with E-state index in [1.165, 1.54) is 22.4 Å². The third-order valence-corrected chi connectivity index (χ3v) is 4.61. The second kappa shape index (κ2) is 5.55. The Bertz CT molecular complexity index is 911. The van der Waals surface area contributed by atoms with Gasteiger partial charge >= 0.3 is 0 Å². The molecule has 24 heavy (non-hydrogen) atoms. The van der Waals surface area contributed by atoms with Crippen molar-refractivity contribution < 1.29 is 0 Å². The Hall–Kier alpha value is -2.49. The van der Waals surface area contributed by atoms with Crippen LogP contribution in [0.1, 0.15) is 38.3 Å². The van der Waals surface area contributed by atoms with Gasteiger partial charge in [-0.05, 0) is 29.4 Å². The number of aliphatic imine (C=N–C) groups is 1. The maximum absolute atomic E-state index is 4.55. The molecule has 122 valence electrons. The van der Waals surface area contributed by atoms with Gasteiger partial charge in [-0.3, -0.25) is 9.98 Å². The number of H-pyrrole nitrogens is 1. The number of hydrogen-bond donors (Lipinski definition) is 1. The number of aryl methyl sites for hydroxylation is 1. The van der Waals surface area contributed by atoms with E-state index in [9.17, 15) is 0 Å². The Kier molecular flexibility index (Phi) is 3.48. The molecule has 0 bridgehead atoms. The molecule has 0 fully saturated rings. The van der Waals surface area contributed by atoms with Crippen LogP contribution < -0.4 is 0 Å². The summed E-state index contributed by atoms with van der Waals surface area (Å²) < 4.78 is 0. The zero-order chi connectivity index (χ0) is 16.7. The highest BCUT2D eigenvalue weighted by atomic mass is 14.9. The van der Waals surface area contributed by atoms with Crippen molar-refractivity contribution in [2.45, 2.75) is 39.0 Å². The SMILES string of the molecule is CC(C)(C)c1ccc(-c2[nH]c3nccnc3c2CCC2=NC2)cc1. The molecule has 0 amide bonds. The maximum atomic E-state index is 4.55. The second-order valence-corrected chi connectivity index (χ2v) is 7.44. The first-order valence-corrected chi connectivity index (χ1v) is 8.47. The lowest BCUT2D eigenvalue weighted by Crippen LogP contribution is -2.10. The molecule has 1 aliphatic heterocycles. The monoisotopic (exact) mass is 318 g/mol. The zero-order valence-electron chi connectivity index (χ0n) is 14.4. The van der Waals surface area contributed by atoms with Crippen LogP contribution in [0.4, 0.5) is 0 Å². The van der Waals surface area contributed by atoms with Crippen molar-refractivity contribution in [1.29, 1.82) is 0 Å². The molecule has 1 aliphatic rings. The summed E-state index contributed by atoms with van der Waals surface area (Å²) in [6.07, 6.45) is 5.46. The standard InChI is InChI=1S/C20H22N4/c1-20(2,3)14-6-4-13(5-7-14)17-16(9-8-15-12-23-15)18-19(24-17)22-11-10-21-18/h4-7,10-11H,8-9,12H2,1-3H3,(H,22,24). The summed E-state index contributed by atoms with van der Waals surface area (Å²) in [5.41, 5.74) is 8.22. The van der Waals surface area contributed by atoms with E-state index in [1.54, 1.807) is 12.4 Å². The van der Waals surface area contributed by atoms with Crippen molar-refractivity contribution >= 4 is 16.9 Å². The number of aromatic amines is 1. The number of benzene rings is 1. The molecule has 1 aromatic carbocycles. The quantitative estimate of drug-likeness (QED) is 0.779. The highest BCUT2D eigenvalue weighted by Crippen LogP contribution is 2.31.